The van der Waals surface area contributed by atoms with E-state index >= 15 is 0 Å². The van der Waals surface area contributed by atoms with Gasteiger partial charge >= 0.3 is 0 Å². The first-order chi connectivity index (χ1) is 4.13. The zero-order chi connectivity index (χ0) is 7.28. The maximum atomic E-state index is 10.1. The Kier molecular flexibility index (Phi) is 4.35. The molecule has 0 aromatic heterocycles. The highest BCUT2D eigenvalue weighted by molar-refractivity contribution is 9.11. The maximum absolute atomic E-state index is 10.1. The molecule has 1 N–H and O–H groups in total. The van der Waals surface area contributed by atoms with Gasteiger partial charge in [0.15, 0.2) is 0 Å². The molecular weight excluding hydrogens is 186 g/mol. The average Bonchev–Trinajstić information content (AvgIpc) is 1.63. The second-order valence-corrected chi connectivity index (χ2v) is 2.59. The Balaban J connectivity index is 3.10. The second-order valence-electron chi connectivity index (χ2n) is 1.46. The topological polar surface area (TPSA) is 38.3 Å². The lowest BCUT2D eigenvalue weighted by Crippen LogP contribution is -2.20. The van der Waals surface area contributed by atoms with Crippen molar-refractivity contribution in [2.45, 2.75) is 6.92 Å². The smallest absolute Gasteiger partial charge is 0.240 e. The van der Waals surface area contributed by atoms with Crippen molar-refractivity contribution in [1.82, 2.24) is 5.48 Å². The highest BCUT2D eigenvalue weighted by Gasteiger charge is 1.89. The third kappa shape index (κ3) is 7.65. The Bertz CT molecular complexity index is 110. The quantitative estimate of drug-likeness (QED) is 0.679. The molecule has 0 bridgehead atoms. The standard InChI is InChI=1S/C5H8BrNO2/c1-4(6)3-9-7-5(2)8/h1,3H2,2H3,(H,7,8). The van der Waals surface area contributed by atoms with Crippen LogP contribution in [-0.4, -0.2) is 12.5 Å². The Labute approximate surface area is 62.2 Å². The number of hydrogen-bond acceptors (Lipinski definition) is 2. The van der Waals surface area contributed by atoms with Gasteiger partial charge in [0, 0.05) is 11.4 Å². The van der Waals surface area contributed by atoms with Crippen molar-refractivity contribution in [3.8, 4) is 0 Å². The molecule has 0 rings (SSSR count). The van der Waals surface area contributed by atoms with E-state index in [0.717, 1.165) is 0 Å². The summed E-state index contributed by atoms with van der Waals surface area (Å²) in [4.78, 5) is 14.8. The summed E-state index contributed by atoms with van der Waals surface area (Å²) < 4.78 is 0.691. The van der Waals surface area contributed by atoms with E-state index in [-0.39, 0.29) is 5.91 Å². The third-order valence-electron chi connectivity index (χ3n) is 0.445. The van der Waals surface area contributed by atoms with Crippen LogP contribution in [0.1, 0.15) is 6.92 Å². The Morgan fingerprint density at radius 1 is 1.89 bits per heavy atom. The zero-order valence-electron chi connectivity index (χ0n) is 5.11. The van der Waals surface area contributed by atoms with Crippen molar-refractivity contribution in [1.29, 1.82) is 0 Å². The van der Waals surface area contributed by atoms with E-state index in [1.54, 1.807) is 0 Å². The number of carbonyl (C=O) groups excluding carboxylic acids is 1. The number of hydroxylamine groups is 1. The molecule has 0 aromatic carbocycles. The number of nitrogens with one attached hydrogen (secondary N) is 1. The van der Waals surface area contributed by atoms with Gasteiger partial charge in [-0.25, -0.2) is 5.48 Å². The van der Waals surface area contributed by atoms with Crippen LogP contribution in [0, 0.1) is 0 Å². The van der Waals surface area contributed by atoms with Crippen molar-refractivity contribution in [3.63, 3.8) is 0 Å². The van der Waals surface area contributed by atoms with E-state index in [9.17, 15) is 4.79 Å². The summed E-state index contributed by atoms with van der Waals surface area (Å²) in [5.74, 6) is -0.219. The van der Waals surface area contributed by atoms with Crippen LogP contribution in [0.15, 0.2) is 11.1 Å². The molecule has 0 atom stereocenters. The second kappa shape index (κ2) is 4.52. The van der Waals surface area contributed by atoms with Gasteiger partial charge in [-0.2, -0.15) is 0 Å². The van der Waals surface area contributed by atoms with Gasteiger partial charge in [0.1, 0.15) is 6.61 Å². The fourth-order valence-corrected chi connectivity index (χ4v) is 0.330. The molecule has 0 spiro atoms. The van der Waals surface area contributed by atoms with Crippen molar-refractivity contribution < 1.29 is 9.63 Å². The van der Waals surface area contributed by atoms with Crippen LogP contribution in [-0.2, 0) is 9.63 Å². The van der Waals surface area contributed by atoms with Gasteiger partial charge in [-0.1, -0.05) is 22.5 Å². The van der Waals surface area contributed by atoms with Crippen molar-refractivity contribution in [2.75, 3.05) is 6.61 Å². The Morgan fingerprint density at radius 2 is 2.44 bits per heavy atom. The van der Waals surface area contributed by atoms with Crippen LogP contribution in [0.3, 0.4) is 0 Å². The van der Waals surface area contributed by atoms with Crippen LogP contribution in [0.2, 0.25) is 0 Å². The third-order valence-corrected chi connectivity index (χ3v) is 0.674. The van der Waals surface area contributed by atoms with E-state index < -0.39 is 0 Å². The molecule has 3 nitrogen and oxygen atoms in total. The van der Waals surface area contributed by atoms with Crippen LogP contribution in [0.4, 0.5) is 0 Å². The molecule has 9 heavy (non-hydrogen) atoms. The van der Waals surface area contributed by atoms with Crippen molar-refractivity contribution in [2.24, 2.45) is 0 Å². The normalized spacial score (nSPS) is 8.67. The number of hydrogen-bond donors (Lipinski definition) is 1. The fourth-order valence-electron chi connectivity index (χ4n) is 0.216. The largest absolute Gasteiger partial charge is 0.273 e. The lowest BCUT2D eigenvalue weighted by atomic mass is 10.7. The SMILES string of the molecule is C=C(Br)CONC(C)=O. The summed E-state index contributed by atoms with van der Waals surface area (Å²) >= 11 is 3.05. The lowest BCUT2D eigenvalue weighted by Gasteiger charge is -1.99. The number of halogens is 1. The molecule has 0 fully saturated rings. The number of rotatable bonds is 3. The van der Waals surface area contributed by atoms with E-state index in [0.29, 0.717) is 11.1 Å². The molecule has 1 amide bonds. The van der Waals surface area contributed by atoms with E-state index in [1.165, 1.54) is 6.92 Å². The maximum Gasteiger partial charge on any atom is 0.240 e. The molecule has 0 radical (unpaired) electrons. The first kappa shape index (κ1) is 8.65. The first-order valence-corrected chi connectivity index (χ1v) is 3.14. The highest BCUT2D eigenvalue weighted by Crippen LogP contribution is 1.98. The van der Waals surface area contributed by atoms with Gasteiger partial charge in [-0.3, -0.25) is 9.63 Å². The number of carbonyl (C=O) groups is 1. The molecule has 4 heteroatoms. The van der Waals surface area contributed by atoms with E-state index in [2.05, 4.69) is 32.8 Å². The van der Waals surface area contributed by atoms with Crippen LogP contribution < -0.4 is 5.48 Å². The molecule has 0 aromatic rings. The predicted octanol–water partition coefficient (Wildman–Crippen LogP) is 0.963. The molecular formula is C5H8BrNO2. The van der Waals surface area contributed by atoms with Gasteiger partial charge in [-0.05, 0) is 0 Å². The highest BCUT2D eigenvalue weighted by atomic mass is 79.9. The van der Waals surface area contributed by atoms with Crippen molar-refractivity contribution in [3.05, 3.63) is 11.1 Å². The first-order valence-electron chi connectivity index (χ1n) is 2.34. The van der Waals surface area contributed by atoms with E-state index in [1.807, 2.05) is 0 Å². The summed E-state index contributed by atoms with van der Waals surface area (Å²) in [6, 6.07) is 0. The van der Waals surface area contributed by atoms with Gasteiger partial charge in [0.05, 0.1) is 0 Å². The average molecular weight is 194 g/mol. The molecule has 0 saturated carbocycles. The summed E-state index contributed by atoms with van der Waals surface area (Å²) in [5, 5.41) is 0. The Morgan fingerprint density at radius 3 is 2.78 bits per heavy atom. The van der Waals surface area contributed by atoms with Crippen LogP contribution in [0.5, 0.6) is 0 Å². The van der Waals surface area contributed by atoms with E-state index in [4.69, 9.17) is 0 Å². The molecule has 0 aliphatic heterocycles. The zero-order valence-corrected chi connectivity index (χ0v) is 6.69. The van der Waals surface area contributed by atoms with Gasteiger partial charge in [-0.15, -0.1) is 0 Å². The molecule has 0 aliphatic rings. The number of amides is 1. The molecule has 0 heterocycles. The summed E-state index contributed by atoms with van der Waals surface area (Å²) in [6.45, 7) is 5.16. The lowest BCUT2D eigenvalue weighted by molar-refractivity contribution is -0.130. The molecule has 0 saturated heterocycles. The molecule has 0 unspecified atom stereocenters. The monoisotopic (exact) mass is 193 g/mol. The predicted molar refractivity (Wildman–Crippen MR) is 37.8 cm³/mol. The minimum atomic E-state index is -0.219. The summed E-state index contributed by atoms with van der Waals surface area (Å²) in [5.41, 5.74) is 2.15. The minimum Gasteiger partial charge on any atom is -0.273 e. The Hall–Kier alpha value is -0.350. The van der Waals surface area contributed by atoms with Crippen LogP contribution in [0.25, 0.3) is 0 Å². The van der Waals surface area contributed by atoms with Gasteiger partial charge < -0.3 is 0 Å². The summed E-state index contributed by atoms with van der Waals surface area (Å²) in [6.07, 6.45) is 0. The molecule has 52 valence electrons. The van der Waals surface area contributed by atoms with Crippen molar-refractivity contribution >= 4 is 21.8 Å². The van der Waals surface area contributed by atoms with Crippen LogP contribution >= 0.6 is 15.9 Å². The summed E-state index contributed by atoms with van der Waals surface area (Å²) in [7, 11) is 0. The molecule has 0 aliphatic carbocycles. The fraction of sp³-hybridized carbons (Fsp3) is 0.400. The van der Waals surface area contributed by atoms with Gasteiger partial charge in [0.2, 0.25) is 5.91 Å². The minimum absolute atomic E-state index is 0.219. The van der Waals surface area contributed by atoms with Gasteiger partial charge in [0.25, 0.3) is 0 Å².